The Morgan fingerprint density at radius 1 is 1.53 bits per heavy atom. The van der Waals surface area contributed by atoms with Crippen LogP contribution in [0.2, 0.25) is 0 Å². The molecule has 0 aromatic heterocycles. The Morgan fingerprint density at radius 2 is 2.27 bits per heavy atom. The molecule has 0 aliphatic carbocycles. The minimum Gasteiger partial charge on any atom is -0.496 e. The highest BCUT2D eigenvalue weighted by molar-refractivity contribution is 5.91. The number of methoxy groups -OCH3 is 1. The Labute approximate surface area is 89.0 Å². The molecule has 1 N–H and O–H groups in total. The van der Waals surface area contributed by atoms with Gasteiger partial charge in [0, 0.05) is 5.56 Å². The Kier molecular flexibility index (Phi) is 4.06. The molecule has 80 valence electrons. The summed E-state index contributed by atoms with van der Waals surface area (Å²) in [6.07, 6.45) is 3.14. The van der Waals surface area contributed by atoms with Crippen LogP contribution in [0.1, 0.15) is 18.1 Å². The lowest BCUT2D eigenvalue weighted by molar-refractivity contribution is -0.112. The lowest BCUT2D eigenvalue weighted by atomic mass is 10.1. The standard InChI is InChI=1S/C12H14O3/c1-9(14)6-7-10-4-3-5-12(15-2)11(10)8-13/h3-7,13H,8H2,1-2H3/b7-6+. The molecule has 1 aromatic carbocycles. The van der Waals surface area contributed by atoms with Crippen molar-refractivity contribution < 1.29 is 14.6 Å². The van der Waals surface area contributed by atoms with Crippen LogP contribution in [0.25, 0.3) is 6.08 Å². The van der Waals surface area contributed by atoms with Gasteiger partial charge in [-0.1, -0.05) is 18.2 Å². The first-order chi connectivity index (χ1) is 7.19. The maximum Gasteiger partial charge on any atom is 0.152 e. The molecule has 0 unspecified atom stereocenters. The van der Waals surface area contributed by atoms with Gasteiger partial charge in [-0.25, -0.2) is 0 Å². The summed E-state index contributed by atoms with van der Waals surface area (Å²) in [5.41, 5.74) is 1.49. The third kappa shape index (κ3) is 2.92. The summed E-state index contributed by atoms with van der Waals surface area (Å²) in [6.45, 7) is 1.37. The van der Waals surface area contributed by atoms with Gasteiger partial charge >= 0.3 is 0 Å². The van der Waals surface area contributed by atoms with Gasteiger partial charge in [0.15, 0.2) is 5.78 Å². The molecule has 3 heteroatoms. The number of hydrogen-bond donors (Lipinski definition) is 1. The van der Waals surface area contributed by atoms with Crippen LogP contribution in [0.4, 0.5) is 0 Å². The average molecular weight is 206 g/mol. The molecule has 0 aliphatic heterocycles. The second kappa shape index (κ2) is 5.32. The fourth-order valence-electron chi connectivity index (χ4n) is 1.31. The molecule has 0 bridgehead atoms. The molecule has 15 heavy (non-hydrogen) atoms. The van der Waals surface area contributed by atoms with Crippen molar-refractivity contribution in [2.45, 2.75) is 13.5 Å². The minimum absolute atomic E-state index is 0.0262. The first kappa shape index (κ1) is 11.5. The van der Waals surface area contributed by atoms with Crippen molar-refractivity contribution in [2.24, 2.45) is 0 Å². The summed E-state index contributed by atoms with van der Waals surface area (Å²) in [5.74, 6) is 0.602. The molecular weight excluding hydrogens is 192 g/mol. The number of ether oxygens (including phenoxy) is 1. The maximum atomic E-state index is 10.8. The highest BCUT2D eigenvalue weighted by Crippen LogP contribution is 2.23. The number of carbonyl (C=O) groups excluding carboxylic acids is 1. The van der Waals surface area contributed by atoms with Crippen molar-refractivity contribution in [1.82, 2.24) is 0 Å². The van der Waals surface area contributed by atoms with Gasteiger partial charge in [0.25, 0.3) is 0 Å². The predicted molar refractivity (Wildman–Crippen MR) is 58.6 cm³/mol. The van der Waals surface area contributed by atoms with Gasteiger partial charge in [0.2, 0.25) is 0 Å². The van der Waals surface area contributed by atoms with E-state index in [9.17, 15) is 9.90 Å². The average Bonchev–Trinajstić information content (AvgIpc) is 2.25. The molecule has 1 aromatic rings. The summed E-state index contributed by atoms with van der Waals surface area (Å²) >= 11 is 0. The molecular formula is C12H14O3. The van der Waals surface area contributed by atoms with Crippen molar-refractivity contribution in [3.05, 3.63) is 35.4 Å². The lowest BCUT2D eigenvalue weighted by Crippen LogP contribution is -1.95. The normalized spacial score (nSPS) is 10.6. The molecule has 0 heterocycles. The van der Waals surface area contributed by atoms with Crippen LogP contribution < -0.4 is 4.74 Å². The molecule has 0 aliphatic rings. The highest BCUT2D eigenvalue weighted by Gasteiger charge is 2.05. The van der Waals surface area contributed by atoms with Crippen LogP contribution in [0.3, 0.4) is 0 Å². The molecule has 3 nitrogen and oxygen atoms in total. The van der Waals surface area contributed by atoms with Crippen LogP contribution in [0.5, 0.6) is 5.75 Å². The van der Waals surface area contributed by atoms with E-state index in [1.54, 1.807) is 19.3 Å². The zero-order valence-electron chi connectivity index (χ0n) is 8.86. The Bertz CT molecular complexity index is 380. The van der Waals surface area contributed by atoms with E-state index in [4.69, 9.17) is 4.74 Å². The molecule has 0 saturated carbocycles. The summed E-state index contributed by atoms with van der Waals surface area (Å²) in [6, 6.07) is 5.42. The van der Waals surface area contributed by atoms with Crippen LogP contribution in [0, 0.1) is 0 Å². The Balaban J connectivity index is 3.11. The van der Waals surface area contributed by atoms with Gasteiger partial charge in [-0.15, -0.1) is 0 Å². The van der Waals surface area contributed by atoms with Gasteiger partial charge in [-0.2, -0.15) is 0 Å². The van der Waals surface area contributed by atoms with Crippen LogP contribution in [0.15, 0.2) is 24.3 Å². The van der Waals surface area contributed by atoms with Crippen molar-refractivity contribution in [2.75, 3.05) is 7.11 Å². The summed E-state index contributed by atoms with van der Waals surface area (Å²) in [5, 5.41) is 9.20. The molecule has 1 rings (SSSR count). The fraction of sp³-hybridized carbons (Fsp3) is 0.250. The van der Waals surface area contributed by atoms with Crippen molar-refractivity contribution in [3.8, 4) is 5.75 Å². The SMILES string of the molecule is COc1cccc(/C=C/C(C)=O)c1CO. The van der Waals surface area contributed by atoms with Crippen molar-refractivity contribution >= 4 is 11.9 Å². The van der Waals surface area contributed by atoms with E-state index in [1.807, 2.05) is 12.1 Å². The van der Waals surface area contributed by atoms with E-state index < -0.39 is 0 Å². The quantitative estimate of drug-likeness (QED) is 0.764. The predicted octanol–water partition coefficient (Wildman–Crippen LogP) is 1.79. The highest BCUT2D eigenvalue weighted by atomic mass is 16.5. The number of aliphatic hydroxyl groups excluding tert-OH is 1. The van der Waals surface area contributed by atoms with E-state index in [-0.39, 0.29) is 12.4 Å². The van der Waals surface area contributed by atoms with Gasteiger partial charge in [-0.05, 0) is 24.6 Å². The third-order valence-corrected chi connectivity index (χ3v) is 2.04. The number of rotatable bonds is 4. The summed E-state index contributed by atoms with van der Waals surface area (Å²) in [4.78, 5) is 10.8. The molecule has 0 atom stereocenters. The van der Waals surface area contributed by atoms with Crippen molar-refractivity contribution in [3.63, 3.8) is 0 Å². The lowest BCUT2D eigenvalue weighted by Gasteiger charge is -2.08. The monoisotopic (exact) mass is 206 g/mol. The van der Waals surface area contributed by atoms with Crippen LogP contribution in [-0.4, -0.2) is 18.0 Å². The Hall–Kier alpha value is -1.61. The van der Waals surface area contributed by atoms with Gasteiger partial charge < -0.3 is 9.84 Å². The number of aliphatic hydroxyl groups is 1. The maximum absolute atomic E-state index is 10.8. The number of carbonyl (C=O) groups is 1. The zero-order valence-corrected chi connectivity index (χ0v) is 8.86. The Morgan fingerprint density at radius 3 is 2.80 bits per heavy atom. The van der Waals surface area contributed by atoms with Crippen LogP contribution >= 0.6 is 0 Å². The van der Waals surface area contributed by atoms with E-state index in [0.717, 1.165) is 5.56 Å². The number of allylic oxidation sites excluding steroid dienone is 1. The first-order valence-electron chi connectivity index (χ1n) is 4.64. The molecule has 0 amide bonds. The van der Waals surface area contributed by atoms with Gasteiger partial charge in [0.05, 0.1) is 13.7 Å². The molecule has 0 spiro atoms. The van der Waals surface area contributed by atoms with Gasteiger partial charge in [0.1, 0.15) is 5.75 Å². The zero-order chi connectivity index (χ0) is 11.3. The van der Waals surface area contributed by atoms with E-state index in [0.29, 0.717) is 11.3 Å². The number of hydrogen-bond acceptors (Lipinski definition) is 3. The topological polar surface area (TPSA) is 46.5 Å². The molecule has 0 radical (unpaired) electrons. The molecule has 0 fully saturated rings. The second-order valence-electron chi connectivity index (χ2n) is 3.13. The van der Waals surface area contributed by atoms with Crippen LogP contribution in [-0.2, 0) is 11.4 Å². The van der Waals surface area contributed by atoms with E-state index in [1.165, 1.54) is 13.0 Å². The first-order valence-corrected chi connectivity index (χ1v) is 4.64. The molecule has 0 saturated heterocycles. The third-order valence-electron chi connectivity index (χ3n) is 2.04. The number of ketones is 1. The second-order valence-corrected chi connectivity index (χ2v) is 3.13. The largest absolute Gasteiger partial charge is 0.496 e. The summed E-state index contributed by atoms with van der Waals surface area (Å²) < 4.78 is 5.10. The van der Waals surface area contributed by atoms with Crippen molar-refractivity contribution in [1.29, 1.82) is 0 Å². The van der Waals surface area contributed by atoms with E-state index in [2.05, 4.69) is 0 Å². The number of benzene rings is 1. The van der Waals surface area contributed by atoms with Gasteiger partial charge in [-0.3, -0.25) is 4.79 Å². The minimum atomic E-state index is -0.110. The smallest absolute Gasteiger partial charge is 0.152 e. The summed E-state index contributed by atoms with van der Waals surface area (Å²) in [7, 11) is 1.55. The fourth-order valence-corrected chi connectivity index (χ4v) is 1.31. The van der Waals surface area contributed by atoms with E-state index >= 15 is 0 Å².